The molecule has 4 heterocycles. The Kier molecular flexibility index (Phi) is 6.97. The summed E-state index contributed by atoms with van der Waals surface area (Å²) < 4.78 is 39.7. The number of halogens is 3. The van der Waals surface area contributed by atoms with Gasteiger partial charge in [-0.2, -0.15) is 13.2 Å². The number of nitrogens with zero attached hydrogens (tertiary/aromatic N) is 6. The van der Waals surface area contributed by atoms with E-state index in [4.69, 9.17) is 5.73 Å². The lowest BCUT2D eigenvalue weighted by molar-refractivity contribution is -0.137. The van der Waals surface area contributed by atoms with Crippen LogP contribution in [0.1, 0.15) is 24.1 Å². The fourth-order valence-electron chi connectivity index (χ4n) is 3.65. The number of hydrogen-bond acceptors (Lipinski definition) is 8. The maximum Gasteiger partial charge on any atom is 0.417 e. The minimum atomic E-state index is -4.51. The number of nitrogens with two attached hydrogens (primary N) is 1. The summed E-state index contributed by atoms with van der Waals surface area (Å²) in [7, 11) is 6.05. The van der Waals surface area contributed by atoms with Gasteiger partial charge in [-0.3, -0.25) is 0 Å². The molecule has 0 radical (unpaired) electrons. The number of aromatic amines is 1. The minimum absolute atomic E-state index is 0.184. The van der Waals surface area contributed by atoms with E-state index in [1.54, 1.807) is 12.4 Å². The highest BCUT2D eigenvalue weighted by Gasteiger charge is 2.31. The normalized spacial score (nSPS) is 12.8. The fourth-order valence-corrected chi connectivity index (χ4v) is 3.65. The number of alkyl halides is 3. The molecule has 0 bridgehead atoms. The predicted molar refractivity (Wildman–Crippen MR) is 135 cm³/mol. The summed E-state index contributed by atoms with van der Waals surface area (Å²) in [5.74, 6) is 1.15. The molecule has 9 nitrogen and oxygen atoms in total. The van der Waals surface area contributed by atoms with Crippen molar-refractivity contribution in [1.29, 1.82) is 0 Å². The lowest BCUT2D eigenvalue weighted by Crippen LogP contribution is -2.29. The number of H-pyrrole nitrogens is 1. The maximum atomic E-state index is 13.2. The number of nitrogens with one attached hydrogen (secondary N) is 2. The van der Waals surface area contributed by atoms with E-state index in [0.29, 0.717) is 16.9 Å². The Labute approximate surface area is 206 Å². The summed E-state index contributed by atoms with van der Waals surface area (Å²) in [6.07, 6.45) is 1.04. The summed E-state index contributed by atoms with van der Waals surface area (Å²) in [4.78, 5) is 24.3. The molecule has 0 aliphatic carbocycles. The number of pyridine rings is 2. The quantitative estimate of drug-likeness (QED) is 0.331. The lowest BCUT2D eigenvalue weighted by Gasteiger charge is -2.21. The van der Waals surface area contributed by atoms with Gasteiger partial charge < -0.3 is 25.8 Å². The molecule has 0 amide bonds. The topological polar surface area (TPSA) is 112 Å². The molecule has 0 aliphatic heterocycles. The number of anilines is 3. The van der Waals surface area contributed by atoms with Crippen molar-refractivity contribution in [2.24, 2.45) is 0 Å². The summed E-state index contributed by atoms with van der Waals surface area (Å²) in [6.45, 7) is 3.71. The number of fused-ring (bicyclic) bond motifs is 1. The molecule has 0 aromatic carbocycles. The summed E-state index contributed by atoms with van der Waals surface area (Å²) >= 11 is 0. The molecule has 4 rings (SSSR count). The molecule has 4 aromatic rings. The highest BCUT2D eigenvalue weighted by Crippen LogP contribution is 2.35. The standard InChI is InChI=1S/C24H28F3N9/c1-14(15-5-6-20(29-10-15)36(4)8-7-35(2)3)33-23-32-13-19(28)21(34-23)18-12-31-22-17(18)9-16(11-30-22)24(25,26)27/h5-6,9-14H,7-8,28H2,1-4H3,(H,30,31)(H,32,33,34)/t14-/m1/s1. The van der Waals surface area contributed by atoms with Gasteiger partial charge in [0.15, 0.2) is 0 Å². The van der Waals surface area contributed by atoms with Crippen molar-refractivity contribution in [2.75, 3.05) is 50.2 Å². The lowest BCUT2D eigenvalue weighted by atomic mass is 10.1. The van der Waals surface area contributed by atoms with Gasteiger partial charge in [0.2, 0.25) is 5.95 Å². The van der Waals surface area contributed by atoms with Gasteiger partial charge in [0, 0.05) is 49.7 Å². The molecule has 0 unspecified atom stereocenters. The molecule has 0 spiro atoms. The molecule has 0 saturated heterocycles. The third kappa shape index (κ3) is 5.48. The van der Waals surface area contributed by atoms with Crippen LogP contribution in [0.3, 0.4) is 0 Å². The van der Waals surface area contributed by atoms with Crippen LogP contribution in [0.25, 0.3) is 22.3 Å². The van der Waals surface area contributed by atoms with Crippen LogP contribution in [-0.2, 0) is 6.18 Å². The van der Waals surface area contributed by atoms with Crippen molar-refractivity contribution < 1.29 is 13.2 Å². The highest BCUT2D eigenvalue weighted by atomic mass is 19.4. The first-order valence-corrected chi connectivity index (χ1v) is 11.3. The Morgan fingerprint density at radius 2 is 1.83 bits per heavy atom. The van der Waals surface area contributed by atoms with Crippen LogP contribution in [0.4, 0.5) is 30.6 Å². The maximum absolute atomic E-state index is 13.2. The van der Waals surface area contributed by atoms with Crippen molar-refractivity contribution in [2.45, 2.75) is 19.1 Å². The van der Waals surface area contributed by atoms with E-state index >= 15 is 0 Å². The van der Waals surface area contributed by atoms with Gasteiger partial charge >= 0.3 is 6.18 Å². The second-order valence-corrected chi connectivity index (χ2v) is 8.86. The average Bonchev–Trinajstić information content (AvgIpc) is 3.26. The zero-order valence-electron chi connectivity index (χ0n) is 20.4. The molecule has 4 N–H and O–H groups in total. The largest absolute Gasteiger partial charge is 0.417 e. The van der Waals surface area contributed by atoms with Gasteiger partial charge in [0.05, 0.1) is 23.5 Å². The Morgan fingerprint density at radius 1 is 1.06 bits per heavy atom. The second kappa shape index (κ2) is 9.97. The van der Waals surface area contributed by atoms with Crippen molar-refractivity contribution in [3.05, 3.63) is 54.1 Å². The molecule has 4 aromatic heterocycles. The van der Waals surface area contributed by atoms with Crippen molar-refractivity contribution in [1.82, 2.24) is 29.8 Å². The Morgan fingerprint density at radius 3 is 2.50 bits per heavy atom. The summed E-state index contributed by atoms with van der Waals surface area (Å²) in [5.41, 5.74) is 7.43. The summed E-state index contributed by atoms with van der Waals surface area (Å²) in [5, 5.41) is 3.49. The van der Waals surface area contributed by atoms with E-state index in [1.165, 1.54) is 6.20 Å². The van der Waals surface area contributed by atoms with Crippen LogP contribution < -0.4 is 16.0 Å². The minimum Gasteiger partial charge on any atom is -0.396 e. The monoisotopic (exact) mass is 499 g/mol. The molecular formula is C24H28F3N9. The van der Waals surface area contributed by atoms with Crippen LogP contribution >= 0.6 is 0 Å². The predicted octanol–water partition coefficient (Wildman–Crippen LogP) is 4.19. The number of nitrogen functional groups attached to an aromatic ring is 1. The van der Waals surface area contributed by atoms with E-state index in [0.717, 1.165) is 36.7 Å². The van der Waals surface area contributed by atoms with E-state index in [9.17, 15) is 13.2 Å². The van der Waals surface area contributed by atoms with Gasteiger partial charge in [-0.25, -0.2) is 19.9 Å². The third-order valence-corrected chi connectivity index (χ3v) is 5.82. The Bertz CT molecular complexity index is 1330. The first kappa shape index (κ1) is 25.2. The van der Waals surface area contributed by atoms with Crippen LogP contribution in [0.5, 0.6) is 0 Å². The first-order chi connectivity index (χ1) is 17.0. The SMILES string of the molecule is C[C@@H](Nc1ncc(N)c(-c2c[nH]c3ncc(C(F)(F)F)cc23)n1)c1ccc(N(C)CCN(C)C)nc1. The van der Waals surface area contributed by atoms with Crippen LogP contribution in [0.2, 0.25) is 0 Å². The van der Waals surface area contributed by atoms with Gasteiger partial charge in [-0.15, -0.1) is 0 Å². The molecule has 1 atom stereocenters. The molecule has 190 valence electrons. The smallest absolute Gasteiger partial charge is 0.396 e. The summed E-state index contributed by atoms with van der Waals surface area (Å²) in [6, 6.07) is 4.79. The van der Waals surface area contributed by atoms with Gasteiger partial charge in [-0.1, -0.05) is 6.07 Å². The molecular weight excluding hydrogens is 471 g/mol. The highest BCUT2D eigenvalue weighted by molar-refractivity contribution is 5.95. The zero-order valence-corrected chi connectivity index (χ0v) is 20.4. The van der Waals surface area contributed by atoms with Crippen LogP contribution in [0.15, 0.2) is 43.0 Å². The third-order valence-electron chi connectivity index (χ3n) is 5.82. The first-order valence-electron chi connectivity index (χ1n) is 11.3. The van der Waals surface area contributed by atoms with Crippen molar-refractivity contribution >= 4 is 28.5 Å². The number of likely N-dealkylation sites (N-methyl/N-ethyl adjacent to an activating group) is 2. The average molecular weight is 500 g/mol. The Balaban J connectivity index is 1.55. The van der Waals surface area contributed by atoms with Crippen LogP contribution in [0, 0.1) is 0 Å². The molecule has 0 fully saturated rings. The molecule has 0 aliphatic rings. The van der Waals surface area contributed by atoms with E-state index < -0.39 is 11.7 Å². The van der Waals surface area contributed by atoms with Crippen molar-refractivity contribution in [3.63, 3.8) is 0 Å². The number of rotatable bonds is 8. The zero-order chi connectivity index (χ0) is 26.0. The van der Waals surface area contributed by atoms with Gasteiger partial charge in [-0.05, 0) is 38.7 Å². The fraction of sp³-hybridized carbons (Fsp3) is 0.333. The molecule has 36 heavy (non-hydrogen) atoms. The van der Waals surface area contributed by atoms with E-state index in [-0.39, 0.29) is 23.1 Å². The van der Waals surface area contributed by atoms with Crippen LogP contribution in [-0.4, -0.2) is 64.1 Å². The number of aromatic nitrogens is 5. The Hall–Kier alpha value is -3.93. The van der Waals surface area contributed by atoms with Gasteiger partial charge in [0.25, 0.3) is 0 Å². The van der Waals surface area contributed by atoms with Gasteiger partial charge in [0.1, 0.15) is 17.2 Å². The van der Waals surface area contributed by atoms with E-state index in [2.05, 4.69) is 40.0 Å². The molecule has 12 heteroatoms. The van der Waals surface area contributed by atoms with E-state index in [1.807, 2.05) is 40.2 Å². The number of hydrogen-bond donors (Lipinski definition) is 3. The van der Waals surface area contributed by atoms with Crippen molar-refractivity contribution in [3.8, 4) is 11.3 Å². The molecule has 0 saturated carbocycles. The second-order valence-electron chi connectivity index (χ2n) is 8.86.